The second-order valence-corrected chi connectivity index (χ2v) is 8.91. The number of carbonyl (C=O) groups is 2. The van der Waals surface area contributed by atoms with Gasteiger partial charge in [-0.2, -0.15) is 0 Å². The standard InChI is InChI=1S/C21H22FN3O6S/c1-23-18(26)11-30-17-9-14-16(10-15(17)25(3)32(4,28)29)31-20(19(14)21(27)24-2)12-5-7-13(22)8-6-12/h5-10H,11H2,1-4H3,(H,23,26)(H,24,27). The highest BCUT2D eigenvalue weighted by Gasteiger charge is 2.26. The van der Waals surface area contributed by atoms with E-state index in [0.29, 0.717) is 10.9 Å². The normalized spacial score (nSPS) is 11.3. The maximum Gasteiger partial charge on any atom is 0.257 e. The average molecular weight is 463 g/mol. The monoisotopic (exact) mass is 463 g/mol. The van der Waals surface area contributed by atoms with Crippen LogP contribution >= 0.6 is 0 Å². The predicted molar refractivity (Wildman–Crippen MR) is 118 cm³/mol. The molecule has 1 aromatic heterocycles. The molecular weight excluding hydrogens is 441 g/mol. The number of likely N-dealkylation sites (N-methyl/N-ethyl adjacent to an activating group) is 1. The van der Waals surface area contributed by atoms with E-state index in [0.717, 1.165) is 10.6 Å². The zero-order chi connectivity index (χ0) is 23.6. The molecule has 1 heterocycles. The summed E-state index contributed by atoms with van der Waals surface area (Å²) in [5.74, 6) is -1.11. The van der Waals surface area contributed by atoms with Crippen LogP contribution in [0.15, 0.2) is 40.8 Å². The molecule has 3 aromatic rings. The lowest BCUT2D eigenvalue weighted by molar-refractivity contribution is -0.122. The summed E-state index contributed by atoms with van der Waals surface area (Å²) in [5.41, 5.74) is 0.937. The van der Waals surface area contributed by atoms with Crippen molar-refractivity contribution in [3.8, 4) is 17.1 Å². The third-order valence-electron chi connectivity index (χ3n) is 4.80. The number of sulfonamides is 1. The molecule has 0 aliphatic heterocycles. The highest BCUT2D eigenvalue weighted by Crippen LogP contribution is 2.40. The maximum absolute atomic E-state index is 13.4. The van der Waals surface area contributed by atoms with Crippen molar-refractivity contribution in [3.05, 3.63) is 47.8 Å². The number of amides is 2. The van der Waals surface area contributed by atoms with Crippen molar-refractivity contribution in [3.63, 3.8) is 0 Å². The highest BCUT2D eigenvalue weighted by atomic mass is 32.2. The number of anilines is 1. The van der Waals surface area contributed by atoms with Crippen molar-refractivity contribution in [1.82, 2.24) is 10.6 Å². The Morgan fingerprint density at radius 2 is 1.78 bits per heavy atom. The molecule has 9 nitrogen and oxygen atoms in total. The Morgan fingerprint density at radius 1 is 1.12 bits per heavy atom. The Morgan fingerprint density at radius 3 is 2.34 bits per heavy atom. The van der Waals surface area contributed by atoms with E-state index in [2.05, 4.69) is 10.6 Å². The molecular formula is C21H22FN3O6S. The van der Waals surface area contributed by atoms with Gasteiger partial charge in [-0.25, -0.2) is 12.8 Å². The van der Waals surface area contributed by atoms with Crippen molar-refractivity contribution in [2.45, 2.75) is 0 Å². The van der Waals surface area contributed by atoms with E-state index in [4.69, 9.17) is 9.15 Å². The number of carbonyl (C=O) groups excluding carboxylic acids is 2. The fraction of sp³-hybridized carbons (Fsp3) is 0.238. The number of rotatable bonds is 7. The van der Waals surface area contributed by atoms with Gasteiger partial charge in [-0.3, -0.25) is 13.9 Å². The quantitative estimate of drug-likeness (QED) is 0.554. The Balaban J connectivity index is 2.29. The molecule has 32 heavy (non-hydrogen) atoms. The summed E-state index contributed by atoms with van der Waals surface area (Å²) >= 11 is 0. The van der Waals surface area contributed by atoms with E-state index in [-0.39, 0.29) is 35.0 Å². The summed E-state index contributed by atoms with van der Waals surface area (Å²) in [5, 5.41) is 5.28. The molecule has 11 heteroatoms. The molecule has 0 saturated carbocycles. The number of halogens is 1. The van der Waals surface area contributed by atoms with Gasteiger partial charge in [0.2, 0.25) is 10.0 Å². The molecule has 0 bridgehead atoms. The van der Waals surface area contributed by atoms with Crippen LogP contribution in [0.1, 0.15) is 10.4 Å². The smallest absolute Gasteiger partial charge is 0.257 e. The van der Waals surface area contributed by atoms with Gasteiger partial charge in [0.25, 0.3) is 11.8 Å². The van der Waals surface area contributed by atoms with Crippen molar-refractivity contribution in [1.29, 1.82) is 0 Å². The molecule has 0 aliphatic carbocycles. The molecule has 0 atom stereocenters. The topological polar surface area (TPSA) is 118 Å². The lowest BCUT2D eigenvalue weighted by Gasteiger charge is -2.20. The van der Waals surface area contributed by atoms with Gasteiger partial charge in [0, 0.05) is 38.2 Å². The molecule has 2 N–H and O–H groups in total. The number of fused-ring (bicyclic) bond motifs is 1. The largest absolute Gasteiger partial charge is 0.482 e. The van der Waals surface area contributed by atoms with Gasteiger partial charge in [-0.05, 0) is 30.3 Å². The second kappa shape index (κ2) is 8.87. The number of nitrogens with one attached hydrogen (secondary N) is 2. The van der Waals surface area contributed by atoms with E-state index in [1.165, 1.54) is 57.5 Å². The first-order chi connectivity index (χ1) is 15.1. The first-order valence-corrected chi connectivity index (χ1v) is 11.3. The molecule has 0 unspecified atom stereocenters. The van der Waals surface area contributed by atoms with Gasteiger partial charge in [-0.1, -0.05) is 0 Å². The highest BCUT2D eigenvalue weighted by molar-refractivity contribution is 7.92. The van der Waals surface area contributed by atoms with Crippen molar-refractivity contribution < 1.29 is 31.6 Å². The van der Waals surface area contributed by atoms with Crippen molar-refractivity contribution in [2.75, 3.05) is 38.3 Å². The molecule has 3 rings (SSSR count). The van der Waals surface area contributed by atoms with Crippen LogP contribution in [0.2, 0.25) is 0 Å². The zero-order valence-corrected chi connectivity index (χ0v) is 18.7. The molecule has 0 radical (unpaired) electrons. The minimum atomic E-state index is -3.68. The van der Waals surface area contributed by atoms with Crippen LogP contribution in [0.5, 0.6) is 5.75 Å². The van der Waals surface area contributed by atoms with Crippen LogP contribution in [0.25, 0.3) is 22.3 Å². The Hall–Kier alpha value is -3.60. The lowest BCUT2D eigenvalue weighted by atomic mass is 10.0. The Bertz CT molecular complexity index is 1290. The number of benzene rings is 2. The zero-order valence-electron chi connectivity index (χ0n) is 17.9. The fourth-order valence-corrected chi connectivity index (χ4v) is 3.52. The summed E-state index contributed by atoms with van der Waals surface area (Å²) in [6, 6.07) is 8.25. The first-order valence-electron chi connectivity index (χ1n) is 9.42. The molecule has 170 valence electrons. The van der Waals surface area contributed by atoms with Crippen LogP contribution in [-0.2, 0) is 14.8 Å². The van der Waals surface area contributed by atoms with E-state index >= 15 is 0 Å². The lowest BCUT2D eigenvalue weighted by Crippen LogP contribution is -2.27. The number of hydrogen-bond donors (Lipinski definition) is 2. The van der Waals surface area contributed by atoms with Crippen LogP contribution in [-0.4, -0.2) is 54.2 Å². The van der Waals surface area contributed by atoms with E-state index in [1.54, 1.807) is 0 Å². The molecule has 0 aliphatic rings. The summed E-state index contributed by atoms with van der Waals surface area (Å²) in [6.45, 7) is -0.370. The molecule has 0 saturated heterocycles. The van der Waals surface area contributed by atoms with Gasteiger partial charge in [0.05, 0.1) is 17.5 Å². The number of hydrogen-bond acceptors (Lipinski definition) is 6. The van der Waals surface area contributed by atoms with E-state index < -0.39 is 27.7 Å². The summed E-state index contributed by atoms with van der Waals surface area (Å²) in [6.07, 6.45) is 1.02. The third kappa shape index (κ3) is 4.52. The second-order valence-electron chi connectivity index (χ2n) is 6.90. The summed E-state index contributed by atoms with van der Waals surface area (Å²) in [4.78, 5) is 24.4. The van der Waals surface area contributed by atoms with Gasteiger partial charge in [0.15, 0.2) is 6.61 Å². The number of ether oxygens (including phenoxy) is 1. The van der Waals surface area contributed by atoms with Gasteiger partial charge in [-0.15, -0.1) is 0 Å². The summed E-state index contributed by atoms with van der Waals surface area (Å²) < 4.78 is 50.2. The molecule has 0 spiro atoms. The SMILES string of the molecule is CNC(=O)COc1cc2c(C(=O)NC)c(-c3ccc(F)cc3)oc2cc1N(C)S(C)(=O)=O. The maximum atomic E-state index is 13.4. The molecule has 0 fully saturated rings. The molecule has 2 aromatic carbocycles. The third-order valence-corrected chi connectivity index (χ3v) is 6.00. The van der Waals surface area contributed by atoms with Crippen molar-refractivity contribution in [2.24, 2.45) is 0 Å². The minimum Gasteiger partial charge on any atom is -0.482 e. The average Bonchev–Trinajstić information content (AvgIpc) is 3.13. The van der Waals surface area contributed by atoms with Crippen LogP contribution < -0.4 is 19.7 Å². The Labute approximate surface area is 184 Å². The van der Waals surface area contributed by atoms with Gasteiger partial charge in [0.1, 0.15) is 22.9 Å². The van der Waals surface area contributed by atoms with Crippen LogP contribution in [0.4, 0.5) is 10.1 Å². The van der Waals surface area contributed by atoms with Crippen LogP contribution in [0.3, 0.4) is 0 Å². The first kappa shape index (κ1) is 23.1. The van der Waals surface area contributed by atoms with Crippen molar-refractivity contribution >= 4 is 38.5 Å². The minimum absolute atomic E-state index is 0.0608. The van der Waals surface area contributed by atoms with Gasteiger partial charge >= 0.3 is 0 Å². The molecule has 2 amide bonds. The van der Waals surface area contributed by atoms with Crippen LogP contribution in [0, 0.1) is 5.82 Å². The van der Waals surface area contributed by atoms with Gasteiger partial charge < -0.3 is 19.8 Å². The fourth-order valence-electron chi connectivity index (χ4n) is 3.02. The number of nitrogens with zero attached hydrogens (tertiary/aromatic N) is 1. The summed E-state index contributed by atoms with van der Waals surface area (Å²) in [7, 11) is 0.530. The Kier molecular flexibility index (Phi) is 6.40. The van der Waals surface area contributed by atoms with E-state index in [1.807, 2.05) is 0 Å². The van der Waals surface area contributed by atoms with E-state index in [9.17, 15) is 22.4 Å². The number of furan rings is 1. The predicted octanol–water partition coefficient (Wildman–Crippen LogP) is 2.12.